The van der Waals surface area contributed by atoms with Gasteiger partial charge in [0.05, 0.1) is 25.9 Å². The average Bonchev–Trinajstić information content (AvgIpc) is 2.69. The molecule has 0 aliphatic carbocycles. The first-order chi connectivity index (χ1) is 13.4. The summed E-state index contributed by atoms with van der Waals surface area (Å²) < 4.78 is 16.0. The molecule has 28 heavy (non-hydrogen) atoms. The Hall–Kier alpha value is -0.490. The number of Topliss-reactive ketones (excluding diaryl/α,β-unsaturated/α-hetero) is 1. The Labute approximate surface area is 176 Å². The van der Waals surface area contributed by atoms with Gasteiger partial charge in [-0.1, -0.05) is 54.9 Å². The van der Waals surface area contributed by atoms with Gasteiger partial charge in [-0.05, 0) is 33.1 Å². The van der Waals surface area contributed by atoms with Crippen molar-refractivity contribution in [1.29, 1.82) is 0 Å². The predicted octanol–water partition coefficient (Wildman–Crippen LogP) is 5.67. The fourth-order valence-electron chi connectivity index (χ4n) is 1.58. The minimum Gasteiger partial charge on any atom is -0.393 e. The Balaban J connectivity index is -0.000000189. The van der Waals surface area contributed by atoms with Crippen LogP contribution < -0.4 is 0 Å². The van der Waals surface area contributed by atoms with E-state index in [9.17, 15) is 4.79 Å². The number of carbonyl (C=O) groups excluding carboxylic acids is 1. The third-order valence-electron chi connectivity index (χ3n) is 3.07. The molecule has 0 heterocycles. The number of ketones is 1. The summed E-state index contributed by atoms with van der Waals surface area (Å²) in [6.07, 6.45) is 4.40. The standard InChI is InChI=1S/C12H24O3.C7H16O2.2C2H6/c1-4-5-7-14-9-11(2)10-15-8-6-12(3)13;1-3-5-9-6-4-7(2)8;2*1-2/h11H,4-10H2,1-3H3;7-8H,3-6H2,1-2H3;2*1-2H3. The van der Waals surface area contributed by atoms with E-state index in [4.69, 9.17) is 19.3 Å². The van der Waals surface area contributed by atoms with Gasteiger partial charge in [-0.25, -0.2) is 0 Å². The molecule has 2 unspecified atom stereocenters. The van der Waals surface area contributed by atoms with Crippen LogP contribution >= 0.6 is 0 Å². The topological polar surface area (TPSA) is 65.0 Å². The van der Waals surface area contributed by atoms with Crippen molar-refractivity contribution in [3.8, 4) is 0 Å². The van der Waals surface area contributed by atoms with Gasteiger partial charge in [0.15, 0.2) is 0 Å². The van der Waals surface area contributed by atoms with E-state index in [-0.39, 0.29) is 11.9 Å². The summed E-state index contributed by atoms with van der Waals surface area (Å²) in [7, 11) is 0. The van der Waals surface area contributed by atoms with E-state index < -0.39 is 0 Å². The lowest BCUT2D eigenvalue weighted by Gasteiger charge is -2.12. The van der Waals surface area contributed by atoms with Crippen LogP contribution in [0, 0.1) is 5.92 Å². The highest BCUT2D eigenvalue weighted by molar-refractivity contribution is 5.75. The molecule has 0 spiro atoms. The van der Waals surface area contributed by atoms with E-state index in [1.807, 2.05) is 27.7 Å². The lowest BCUT2D eigenvalue weighted by molar-refractivity contribution is -0.118. The third kappa shape index (κ3) is 44.7. The molecule has 0 saturated heterocycles. The predicted molar refractivity (Wildman–Crippen MR) is 121 cm³/mol. The van der Waals surface area contributed by atoms with Crippen molar-refractivity contribution >= 4 is 5.78 Å². The second-order valence-corrected chi connectivity index (χ2v) is 6.31. The van der Waals surface area contributed by atoms with Gasteiger partial charge in [0.25, 0.3) is 0 Å². The van der Waals surface area contributed by atoms with Gasteiger partial charge >= 0.3 is 0 Å². The number of carbonyl (C=O) groups is 1. The summed E-state index contributed by atoms with van der Waals surface area (Å²) in [6, 6.07) is 0. The zero-order chi connectivity index (χ0) is 22.6. The normalized spacial score (nSPS) is 11.6. The van der Waals surface area contributed by atoms with Crippen molar-refractivity contribution in [2.45, 2.75) is 101 Å². The lowest BCUT2D eigenvalue weighted by atomic mass is 10.2. The summed E-state index contributed by atoms with van der Waals surface area (Å²) in [5, 5.41) is 8.77. The van der Waals surface area contributed by atoms with Crippen molar-refractivity contribution in [1.82, 2.24) is 0 Å². The summed E-state index contributed by atoms with van der Waals surface area (Å²) >= 11 is 0. The van der Waals surface area contributed by atoms with Crippen molar-refractivity contribution < 1.29 is 24.1 Å². The molecular formula is C23H52O5. The first-order valence-electron chi connectivity index (χ1n) is 11.3. The van der Waals surface area contributed by atoms with Crippen molar-refractivity contribution in [2.75, 3.05) is 39.6 Å². The fraction of sp³-hybridized carbons (Fsp3) is 0.957. The Morgan fingerprint density at radius 3 is 1.79 bits per heavy atom. The average molecular weight is 409 g/mol. The van der Waals surface area contributed by atoms with Gasteiger partial charge in [-0.2, -0.15) is 0 Å². The van der Waals surface area contributed by atoms with Gasteiger partial charge in [-0.15, -0.1) is 0 Å². The monoisotopic (exact) mass is 408 g/mol. The number of unbranched alkanes of at least 4 members (excludes halogenated alkanes) is 1. The van der Waals surface area contributed by atoms with E-state index in [1.165, 1.54) is 6.42 Å². The van der Waals surface area contributed by atoms with E-state index in [0.717, 1.165) is 39.1 Å². The summed E-state index contributed by atoms with van der Waals surface area (Å²) in [5.41, 5.74) is 0. The first kappa shape index (κ1) is 35.0. The molecule has 2 atom stereocenters. The summed E-state index contributed by atoms with van der Waals surface area (Å²) in [5.74, 6) is 0.593. The smallest absolute Gasteiger partial charge is 0.132 e. The molecule has 0 saturated carbocycles. The quantitative estimate of drug-likeness (QED) is 0.354. The second-order valence-electron chi connectivity index (χ2n) is 6.31. The molecular weight excluding hydrogens is 356 g/mol. The molecule has 0 aliphatic rings. The lowest BCUT2D eigenvalue weighted by Crippen LogP contribution is -2.14. The largest absolute Gasteiger partial charge is 0.393 e. The molecule has 5 nitrogen and oxygen atoms in total. The van der Waals surface area contributed by atoms with Crippen LogP contribution in [-0.4, -0.2) is 56.6 Å². The Bertz CT molecular complexity index is 257. The maximum absolute atomic E-state index is 10.6. The molecule has 0 radical (unpaired) electrons. The van der Waals surface area contributed by atoms with Crippen LogP contribution in [0.25, 0.3) is 0 Å². The van der Waals surface area contributed by atoms with E-state index in [1.54, 1.807) is 13.8 Å². The van der Waals surface area contributed by atoms with Gasteiger partial charge in [-0.3, -0.25) is 4.79 Å². The highest BCUT2D eigenvalue weighted by Crippen LogP contribution is 1.99. The van der Waals surface area contributed by atoms with Crippen LogP contribution in [-0.2, 0) is 19.0 Å². The van der Waals surface area contributed by atoms with E-state index in [0.29, 0.717) is 32.2 Å². The van der Waals surface area contributed by atoms with Crippen molar-refractivity contribution in [3.05, 3.63) is 0 Å². The molecule has 0 rings (SSSR count). The van der Waals surface area contributed by atoms with Gasteiger partial charge in [0.1, 0.15) is 5.78 Å². The Morgan fingerprint density at radius 1 is 0.821 bits per heavy atom. The first-order valence-corrected chi connectivity index (χ1v) is 11.3. The van der Waals surface area contributed by atoms with Crippen molar-refractivity contribution in [3.63, 3.8) is 0 Å². The van der Waals surface area contributed by atoms with Gasteiger partial charge < -0.3 is 19.3 Å². The second kappa shape index (κ2) is 34.0. The number of aliphatic hydroxyl groups is 1. The summed E-state index contributed by atoms with van der Waals surface area (Å²) in [4.78, 5) is 10.6. The van der Waals surface area contributed by atoms with Crippen LogP contribution in [0.2, 0.25) is 0 Å². The molecule has 0 aromatic carbocycles. The molecule has 0 amide bonds. The minimum absolute atomic E-state index is 0.182. The number of aliphatic hydroxyl groups excluding tert-OH is 1. The summed E-state index contributed by atoms with van der Waals surface area (Å²) in [6.45, 7) is 22.0. The molecule has 0 aliphatic heterocycles. The SMILES string of the molecule is CC.CC.CCCCOCC(C)COCCC(C)=O.CCCOCCC(C)O. The molecule has 0 bridgehead atoms. The minimum atomic E-state index is -0.221. The molecule has 1 N–H and O–H groups in total. The van der Waals surface area contributed by atoms with E-state index >= 15 is 0 Å². The van der Waals surface area contributed by atoms with Gasteiger partial charge in [0.2, 0.25) is 0 Å². The number of rotatable bonds is 15. The molecule has 0 aromatic heterocycles. The number of hydrogen-bond acceptors (Lipinski definition) is 5. The van der Waals surface area contributed by atoms with E-state index in [2.05, 4.69) is 20.8 Å². The van der Waals surface area contributed by atoms with Crippen LogP contribution in [0.4, 0.5) is 0 Å². The molecule has 0 fully saturated rings. The third-order valence-corrected chi connectivity index (χ3v) is 3.07. The zero-order valence-electron chi connectivity index (χ0n) is 20.5. The highest BCUT2D eigenvalue weighted by atomic mass is 16.5. The van der Waals surface area contributed by atoms with Crippen LogP contribution in [0.5, 0.6) is 0 Å². The van der Waals surface area contributed by atoms with Crippen LogP contribution in [0.3, 0.4) is 0 Å². The zero-order valence-corrected chi connectivity index (χ0v) is 20.5. The highest BCUT2D eigenvalue weighted by Gasteiger charge is 2.02. The Kier molecular flexibility index (Phi) is 42.5. The van der Waals surface area contributed by atoms with Gasteiger partial charge in [0, 0.05) is 32.2 Å². The van der Waals surface area contributed by atoms with Crippen LogP contribution in [0.15, 0.2) is 0 Å². The maximum Gasteiger partial charge on any atom is 0.132 e. The number of ether oxygens (including phenoxy) is 3. The Morgan fingerprint density at radius 2 is 1.36 bits per heavy atom. The maximum atomic E-state index is 10.6. The fourth-order valence-corrected chi connectivity index (χ4v) is 1.58. The molecule has 174 valence electrons. The van der Waals surface area contributed by atoms with Crippen LogP contribution in [0.1, 0.15) is 94.4 Å². The van der Waals surface area contributed by atoms with Crippen molar-refractivity contribution in [2.24, 2.45) is 5.92 Å². The molecule has 0 aromatic rings. The number of hydrogen-bond donors (Lipinski definition) is 1. The molecule has 5 heteroatoms.